The Balaban J connectivity index is 2.25. The van der Waals surface area contributed by atoms with Crippen molar-refractivity contribution in [3.05, 3.63) is 21.7 Å². The SMILES string of the molecule is CC1CCN(c2nc[nH]c(=O)c2Cl)CC1C. The Hall–Kier alpha value is -1.03. The zero-order valence-corrected chi connectivity index (χ0v) is 10.3. The molecule has 0 aromatic carbocycles. The van der Waals surface area contributed by atoms with E-state index in [2.05, 4.69) is 28.7 Å². The fourth-order valence-electron chi connectivity index (χ4n) is 2.05. The van der Waals surface area contributed by atoms with Crippen LogP contribution in [-0.2, 0) is 0 Å². The number of hydrogen-bond acceptors (Lipinski definition) is 3. The number of halogens is 1. The summed E-state index contributed by atoms with van der Waals surface area (Å²) >= 11 is 5.96. The van der Waals surface area contributed by atoms with Gasteiger partial charge in [0, 0.05) is 13.1 Å². The molecular formula is C11H16ClN3O. The molecule has 1 fully saturated rings. The highest BCUT2D eigenvalue weighted by Crippen LogP contribution is 2.27. The lowest BCUT2D eigenvalue weighted by atomic mass is 9.89. The van der Waals surface area contributed by atoms with Crippen molar-refractivity contribution in [2.75, 3.05) is 18.0 Å². The van der Waals surface area contributed by atoms with Gasteiger partial charge in [-0.3, -0.25) is 4.79 Å². The molecule has 2 heterocycles. The summed E-state index contributed by atoms with van der Waals surface area (Å²) < 4.78 is 0. The summed E-state index contributed by atoms with van der Waals surface area (Å²) in [5.74, 6) is 1.94. The third kappa shape index (κ3) is 2.07. The van der Waals surface area contributed by atoms with Gasteiger partial charge in [0.15, 0.2) is 5.82 Å². The number of rotatable bonds is 1. The maximum atomic E-state index is 11.4. The van der Waals surface area contributed by atoms with Crippen molar-refractivity contribution in [2.24, 2.45) is 11.8 Å². The van der Waals surface area contributed by atoms with Crippen LogP contribution < -0.4 is 10.5 Å². The standard InChI is InChI=1S/C11H16ClN3O/c1-7-3-4-15(5-8(7)2)10-9(12)11(16)14-6-13-10/h6-8H,3-5H2,1-2H3,(H,13,14,16). The highest BCUT2D eigenvalue weighted by Gasteiger charge is 2.25. The van der Waals surface area contributed by atoms with Crippen molar-refractivity contribution >= 4 is 17.4 Å². The van der Waals surface area contributed by atoms with Gasteiger partial charge in [0.25, 0.3) is 5.56 Å². The Bertz CT molecular complexity index is 431. The summed E-state index contributed by atoms with van der Waals surface area (Å²) in [6.07, 6.45) is 2.53. The fraction of sp³-hybridized carbons (Fsp3) is 0.636. The first-order valence-electron chi connectivity index (χ1n) is 5.57. The Morgan fingerprint density at radius 1 is 1.50 bits per heavy atom. The second kappa shape index (κ2) is 4.45. The van der Waals surface area contributed by atoms with E-state index in [0.717, 1.165) is 25.4 Å². The van der Waals surface area contributed by atoms with Crippen molar-refractivity contribution in [3.63, 3.8) is 0 Å². The van der Waals surface area contributed by atoms with Crippen LogP contribution in [0.15, 0.2) is 11.1 Å². The van der Waals surface area contributed by atoms with Crippen LogP contribution in [0.3, 0.4) is 0 Å². The molecule has 1 N–H and O–H groups in total. The summed E-state index contributed by atoms with van der Waals surface area (Å²) in [5.41, 5.74) is -0.266. The molecular weight excluding hydrogens is 226 g/mol. The number of nitrogens with zero attached hydrogens (tertiary/aromatic N) is 2. The van der Waals surface area contributed by atoms with E-state index in [9.17, 15) is 4.79 Å². The van der Waals surface area contributed by atoms with E-state index in [1.807, 2.05) is 0 Å². The number of aromatic amines is 1. The summed E-state index contributed by atoms with van der Waals surface area (Å²) in [6, 6.07) is 0. The third-order valence-electron chi connectivity index (χ3n) is 3.41. The molecule has 0 amide bonds. The van der Waals surface area contributed by atoms with E-state index in [-0.39, 0.29) is 10.6 Å². The van der Waals surface area contributed by atoms with Gasteiger partial charge < -0.3 is 9.88 Å². The topological polar surface area (TPSA) is 49.0 Å². The van der Waals surface area contributed by atoms with Crippen LogP contribution in [0.2, 0.25) is 5.02 Å². The molecule has 4 nitrogen and oxygen atoms in total. The lowest BCUT2D eigenvalue weighted by molar-refractivity contribution is 0.322. The van der Waals surface area contributed by atoms with Gasteiger partial charge in [-0.1, -0.05) is 25.4 Å². The van der Waals surface area contributed by atoms with Crippen molar-refractivity contribution in [3.8, 4) is 0 Å². The van der Waals surface area contributed by atoms with Crippen LogP contribution in [0, 0.1) is 11.8 Å². The maximum absolute atomic E-state index is 11.4. The number of anilines is 1. The Morgan fingerprint density at radius 2 is 2.25 bits per heavy atom. The predicted octanol–water partition coefficient (Wildman–Crippen LogP) is 1.91. The average molecular weight is 242 g/mol. The van der Waals surface area contributed by atoms with Crippen LogP contribution in [0.1, 0.15) is 20.3 Å². The van der Waals surface area contributed by atoms with E-state index in [0.29, 0.717) is 11.7 Å². The molecule has 0 bridgehead atoms. The molecule has 2 rings (SSSR count). The smallest absolute Gasteiger partial charge is 0.271 e. The van der Waals surface area contributed by atoms with E-state index < -0.39 is 0 Å². The highest BCUT2D eigenvalue weighted by atomic mass is 35.5. The van der Waals surface area contributed by atoms with Crippen molar-refractivity contribution in [1.29, 1.82) is 0 Å². The minimum Gasteiger partial charge on any atom is -0.355 e. The first-order valence-corrected chi connectivity index (χ1v) is 5.95. The van der Waals surface area contributed by atoms with Crippen LogP contribution in [0.25, 0.3) is 0 Å². The quantitative estimate of drug-likeness (QED) is 0.817. The Morgan fingerprint density at radius 3 is 2.94 bits per heavy atom. The number of nitrogens with one attached hydrogen (secondary N) is 1. The molecule has 16 heavy (non-hydrogen) atoms. The maximum Gasteiger partial charge on any atom is 0.271 e. The van der Waals surface area contributed by atoms with E-state index in [1.165, 1.54) is 6.33 Å². The van der Waals surface area contributed by atoms with Gasteiger partial charge in [-0.2, -0.15) is 0 Å². The summed E-state index contributed by atoms with van der Waals surface area (Å²) in [7, 11) is 0. The van der Waals surface area contributed by atoms with Crippen molar-refractivity contribution in [2.45, 2.75) is 20.3 Å². The second-order valence-electron chi connectivity index (χ2n) is 4.56. The van der Waals surface area contributed by atoms with Crippen LogP contribution in [0.4, 0.5) is 5.82 Å². The number of H-pyrrole nitrogens is 1. The van der Waals surface area contributed by atoms with Gasteiger partial charge in [-0.25, -0.2) is 4.98 Å². The first-order chi connectivity index (χ1) is 7.59. The number of hydrogen-bond donors (Lipinski definition) is 1. The Labute approximate surface area is 99.6 Å². The Kier molecular flexibility index (Phi) is 3.19. The molecule has 0 spiro atoms. The van der Waals surface area contributed by atoms with E-state index >= 15 is 0 Å². The molecule has 5 heteroatoms. The zero-order chi connectivity index (χ0) is 11.7. The molecule has 1 saturated heterocycles. The van der Waals surface area contributed by atoms with Crippen LogP contribution in [0.5, 0.6) is 0 Å². The molecule has 0 aliphatic carbocycles. The molecule has 1 aromatic heterocycles. The highest BCUT2D eigenvalue weighted by molar-refractivity contribution is 6.32. The van der Waals surface area contributed by atoms with Crippen LogP contribution in [-0.4, -0.2) is 23.1 Å². The predicted molar refractivity (Wildman–Crippen MR) is 65.0 cm³/mol. The molecule has 2 atom stereocenters. The molecule has 0 saturated carbocycles. The van der Waals surface area contributed by atoms with Crippen molar-refractivity contribution < 1.29 is 0 Å². The normalized spacial score (nSPS) is 25.8. The third-order valence-corrected chi connectivity index (χ3v) is 3.75. The monoisotopic (exact) mass is 241 g/mol. The molecule has 1 aliphatic heterocycles. The molecule has 2 unspecified atom stereocenters. The minimum absolute atomic E-state index is 0.198. The largest absolute Gasteiger partial charge is 0.355 e. The van der Waals surface area contributed by atoms with Crippen molar-refractivity contribution in [1.82, 2.24) is 9.97 Å². The van der Waals surface area contributed by atoms with Crippen LogP contribution >= 0.6 is 11.6 Å². The molecule has 0 radical (unpaired) electrons. The number of aromatic nitrogens is 2. The average Bonchev–Trinajstić information content (AvgIpc) is 2.26. The lowest BCUT2D eigenvalue weighted by Gasteiger charge is -2.36. The first kappa shape index (κ1) is 11.5. The summed E-state index contributed by atoms with van der Waals surface area (Å²) in [4.78, 5) is 20.1. The summed E-state index contributed by atoms with van der Waals surface area (Å²) in [6.45, 7) is 6.31. The van der Waals surface area contributed by atoms with Gasteiger partial charge in [-0.05, 0) is 18.3 Å². The van der Waals surface area contributed by atoms with E-state index in [4.69, 9.17) is 11.6 Å². The fourth-order valence-corrected chi connectivity index (χ4v) is 2.27. The van der Waals surface area contributed by atoms with Gasteiger partial charge in [-0.15, -0.1) is 0 Å². The van der Waals surface area contributed by atoms with Gasteiger partial charge in [0.1, 0.15) is 5.02 Å². The van der Waals surface area contributed by atoms with E-state index in [1.54, 1.807) is 0 Å². The van der Waals surface area contributed by atoms with Gasteiger partial charge in [0.2, 0.25) is 0 Å². The molecule has 1 aliphatic rings. The lowest BCUT2D eigenvalue weighted by Crippen LogP contribution is -2.39. The molecule has 1 aromatic rings. The second-order valence-corrected chi connectivity index (χ2v) is 4.94. The van der Waals surface area contributed by atoms with Gasteiger partial charge >= 0.3 is 0 Å². The number of piperidine rings is 1. The van der Waals surface area contributed by atoms with Gasteiger partial charge in [0.05, 0.1) is 6.33 Å². The summed E-state index contributed by atoms with van der Waals surface area (Å²) in [5, 5.41) is 0.198. The zero-order valence-electron chi connectivity index (χ0n) is 9.53. The minimum atomic E-state index is -0.266. The molecule has 88 valence electrons.